The summed E-state index contributed by atoms with van der Waals surface area (Å²) in [6.07, 6.45) is 0. The molecular weight excluding hydrogens is 344 g/mol. The number of anilines is 1. The number of nitrogens with one attached hydrogen (secondary N) is 1. The highest BCUT2D eigenvalue weighted by Crippen LogP contribution is 2.32. The molecule has 3 rings (SSSR count). The van der Waals surface area contributed by atoms with E-state index >= 15 is 0 Å². The molecule has 1 heterocycles. The van der Waals surface area contributed by atoms with Crippen molar-refractivity contribution < 1.29 is 22.7 Å². The smallest absolute Gasteiger partial charge is 0.262 e. The van der Waals surface area contributed by atoms with Gasteiger partial charge in [-0.15, -0.1) is 0 Å². The topological polar surface area (TPSA) is 84.9 Å². The van der Waals surface area contributed by atoms with Crippen molar-refractivity contribution >= 4 is 21.6 Å². The van der Waals surface area contributed by atoms with E-state index in [1.165, 1.54) is 23.1 Å². The zero-order chi connectivity index (χ0) is 18.0. The maximum absolute atomic E-state index is 12.6. The molecule has 7 nitrogen and oxygen atoms in total. The van der Waals surface area contributed by atoms with Crippen molar-refractivity contribution in [3.05, 3.63) is 48.0 Å². The molecule has 0 fully saturated rings. The van der Waals surface area contributed by atoms with E-state index in [0.717, 1.165) is 0 Å². The van der Waals surface area contributed by atoms with Gasteiger partial charge < -0.3 is 14.4 Å². The second-order valence-corrected chi connectivity index (χ2v) is 7.37. The minimum absolute atomic E-state index is 0.0566. The Kier molecular flexibility index (Phi) is 4.54. The van der Waals surface area contributed by atoms with Gasteiger partial charge in [0.1, 0.15) is 13.2 Å². The van der Waals surface area contributed by atoms with E-state index in [9.17, 15) is 13.2 Å². The van der Waals surface area contributed by atoms with Gasteiger partial charge in [-0.1, -0.05) is 6.07 Å². The fourth-order valence-electron chi connectivity index (χ4n) is 2.38. The van der Waals surface area contributed by atoms with Crippen LogP contribution in [0.2, 0.25) is 0 Å². The Hall–Kier alpha value is -2.74. The van der Waals surface area contributed by atoms with E-state index in [1.54, 1.807) is 38.4 Å². The number of hydrogen-bond donors (Lipinski definition) is 1. The summed E-state index contributed by atoms with van der Waals surface area (Å²) >= 11 is 0. The molecule has 0 atom stereocenters. The van der Waals surface area contributed by atoms with Gasteiger partial charge >= 0.3 is 0 Å². The van der Waals surface area contributed by atoms with Crippen LogP contribution in [-0.2, 0) is 10.0 Å². The zero-order valence-electron chi connectivity index (χ0n) is 13.9. The summed E-state index contributed by atoms with van der Waals surface area (Å²) in [6, 6.07) is 10.8. The number of fused-ring (bicyclic) bond motifs is 1. The van der Waals surface area contributed by atoms with Crippen LogP contribution < -0.4 is 14.2 Å². The zero-order valence-corrected chi connectivity index (χ0v) is 14.7. The maximum atomic E-state index is 12.6. The minimum atomic E-state index is -3.82. The Balaban J connectivity index is 1.87. The Labute approximate surface area is 146 Å². The number of benzene rings is 2. The normalized spacial score (nSPS) is 13.2. The van der Waals surface area contributed by atoms with Crippen LogP contribution in [0.5, 0.6) is 11.5 Å². The molecule has 0 bridgehead atoms. The molecule has 0 saturated heterocycles. The lowest BCUT2D eigenvalue weighted by Crippen LogP contribution is -2.22. The van der Waals surface area contributed by atoms with Crippen LogP contribution in [0.4, 0.5) is 5.69 Å². The van der Waals surface area contributed by atoms with Crippen molar-refractivity contribution in [2.24, 2.45) is 0 Å². The standard InChI is InChI=1S/C17H18N2O5S/c1-19(2)17(20)12-4-3-5-13(10-12)18-25(21,22)14-6-7-15-16(11-14)24-9-8-23-15/h3-7,10-11,18H,8-9H2,1-2H3. The lowest BCUT2D eigenvalue weighted by molar-refractivity contribution is 0.0827. The van der Waals surface area contributed by atoms with Gasteiger partial charge in [0.2, 0.25) is 0 Å². The van der Waals surface area contributed by atoms with Gasteiger partial charge in [-0.25, -0.2) is 8.42 Å². The van der Waals surface area contributed by atoms with Gasteiger partial charge in [-0.2, -0.15) is 0 Å². The summed E-state index contributed by atoms with van der Waals surface area (Å²) in [7, 11) is -0.553. The number of nitrogens with zero attached hydrogens (tertiary/aromatic N) is 1. The van der Waals surface area contributed by atoms with E-state index in [0.29, 0.717) is 36.0 Å². The molecule has 8 heteroatoms. The first-order valence-corrected chi connectivity index (χ1v) is 9.09. The second-order valence-electron chi connectivity index (χ2n) is 5.69. The molecule has 25 heavy (non-hydrogen) atoms. The number of carbonyl (C=O) groups is 1. The predicted octanol–water partition coefficient (Wildman–Crippen LogP) is 1.96. The molecule has 2 aromatic rings. The van der Waals surface area contributed by atoms with Gasteiger partial charge in [0, 0.05) is 31.4 Å². The minimum Gasteiger partial charge on any atom is -0.486 e. The van der Waals surface area contributed by atoms with Gasteiger partial charge in [0.05, 0.1) is 4.90 Å². The molecule has 0 saturated carbocycles. The number of sulfonamides is 1. The molecule has 2 aromatic carbocycles. The van der Waals surface area contributed by atoms with Crippen molar-refractivity contribution in [3.8, 4) is 11.5 Å². The summed E-state index contributed by atoms with van der Waals surface area (Å²) in [4.78, 5) is 13.5. The highest BCUT2D eigenvalue weighted by Gasteiger charge is 2.20. The number of carbonyl (C=O) groups excluding carboxylic acids is 1. The molecule has 0 unspecified atom stereocenters. The molecule has 0 aliphatic carbocycles. The van der Waals surface area contributed by atoms with Crippen LogP contribution in [-0.4, -0.2) is 46.5 Å². The molecule has 0 spiro atoms. The third kappa shape index (κ3) is 3.69. The number of ether oxygens (including phenoxy) is 2. The quantitative estimate of drug-likeness (QED) is 0.899. The van der Waals surface area contributed by atoms with Gasteiger partial charge in [-0.05, 0) is 30.3 Å². The monoisotopic (exact) mass is 362 g/mol. The van der Waals surface area contributed by atoms with E-state index in [-0.39, 0.29) is 10.8 Å². The average Bonchev–Trinajstić information content (AvgIpc) is 2.60. The molecule has 132 valence electrons. The summed E-state index contributed by atoms with van der Waals surface area (Å²) < 4.78 is 38.5. The van der Waals surface area contributed by atoms with E-state index in [4.69, 9.17) is 9.47 Å². The van der Waals surface area contributed by atoms with Crippen LogP contribution in [0.25, 0.3) is 0 Å². The van der Waals surface area contributed by atoms with Crippen LogP contribution in [0.3, 0.4) is 0 Å². The van der Waals surface area contributed by atoms with Gasteiger partial charge in [-0.3, -0.25) is 9.52 Å². The third-order valence-corrected chi connectivity index (χ3v) is 4.97. The van der Waals surface area contributed by atoms with Crippen LogP contribution >= 0.6 is 0 Å². The van der Waals surface area contributed by atoms with Crippen LogP contribution in [0.15, 0.2) is 47.4 Å². The van der Waals surface area contributed by atoms with E-state index in [1.807, 2.05) is 0 Å². The summed E-state index contributed by atoms with van der Waals surface area (Å²) in [6.45, 7) is 0.808. The van der Waals surface area contributed by atoms with E-state index in [2.05, 4.69) is 4.72 Å². The first kappa shape index (κ1) is 17.1. The molecule has 1 amide bonds. The second kappa shape index (κ2) is 6.64. The molecule has 0 radical (unpaired) electrons. The largest absolute Gasteiger partial charge is 0.486 e. The maximum Gasteiger partial charge on any atom is 0.262 e. The fourth-order valence-corrected chi connectivity index (χ4v) is 3.44. The van der Waals surface area contributed by atoms with Crippen molar-refractivity contribution in [1.82, 2.24) is 4.90 Å². The summed E-state index contributed by atoms with van der Waals surface area (Å²) in [5.41, 5.74) is 0.704. The molecule has 1 aliphatic rings. The third-order valence-electron chi connectivity index (χ3n) is 3.59. The van der Waals surface area contributed by atoms with Crippen LogP contribution in [0.1, 0.15) is 10.4 Å². The highest BCUT2D eigenvalue weighted by molar-refractivity contribution is 7.92. The number of amides is 1. The summed E-state index contributed by atoms with van der Waals surface area (Å²) in [5, 5.41) is 0. The van der Waals surface area contributed by atoms with Crippen molar-refractivity contribution in [2.45, 2.75) is 4.90 Å². The van der Waals surface area contributed by atoms with Gasteiger partial charge in [0.25, 0.3) is 15.9 Å². The molecular formula is C17H18N2O5S. The Morgan fingerprint density at radius 2 is 1.76 bits per heavy atom. The number of hydrogen-bond acceptors (Lipinski definition) is 5. The molecule has 0 aromatic heterocycles. The SMILES string of the molecule is CN(C)C(=O)c1cccc(NS(=O)(=O)c2ccc3c(c2)OCCO3)c1. The van der Waals surface area contributed by atoms with Crippen molar-refractivity contribution in [1.29, 1.82) is 0 Å². The van der Waals surface area contributed by atoms with Crippen molar-refractivity contribution in [3.63, 3.8) is 0 Å². The number of rotatable bonds is 4. The highest BCUT2D eigenvalue weighted by atomic mass is 32.2. The Bertz CT molecular complexity index is 909. The van der Waals surface area contributed by atoms with Crippen molar-refractivity contribution in [2.75, 3.05) is 32.0 Å². The first-order valence-electron chi connectivity index (χ1n) is 7.61. The van der Waals surface area contributed by atoms with Gasteiger partial charge in [0.15, 0.2) is 11.5 Å². The predicted molar refractivity (Wildman–Crippen MR) is 92.7 cm³/mol. The molecule has 1 N–H and O–H groups in total. The average molecular weight is 362 g/mol. The Morgan fingerprint density at radius 1 is 1.04 bits per heavy atom. The molecule has 1 aliphatic heterocycles. The Morgan fingerprint density at radius 3 is 2.48 bits per heavy atom. The fraction of sp³-hybridized carbons (Fsp3) is 0.235. The van der Waals surface area contributed by atoms with Crippen LogP contribution in [0, 0.1) is 0 Å². The lowest BCUT2D eigenvalue weighted by Gasteiger charge is -2.19. The lowest BCUT2D eigenvalue weighted by atomic mass is 10.2. The first-order chi connectivity index (χ1) is 11.9. The van der Waals surface area contributed by atoms with E-state index < -0.39 is 10.0 Å². The summed E-state index contributed by atoms with van der Waals surface area (Å²) in [5.74, 6) is 0.704.